The van der Waals surface area contributed by atoms with Crippen molar-refractivity contribution in [3.05, 3.63) is 53.6 Å². The van der Waals surface area contributed by atoms with Crippen molar-refractivity contribution in [3.63, 3.8) is 0 Å². The van der Waals surface area contributed by atoms with Gasteiger partial charge in [0.25, 0.3) is 0 Å². The summed E-state index contributed by atoms with van der Waals surface area (Å²) in [6, 6.07) is 10.1. The van der Waals surface area contributed by atoms with Crippen molar-refractivity contribution in [2.75, 3.05) is 0 Å². The number of aryl methyl sites for hydroxylation is 1. The van der Waals surface area contributed by atoms with Gasteiger partial charge in [-0.3, -0.25) is 0 Å². The zero-order valence-corrected chi connectivity index (χ0v) is 10.9. The quantitative estimate of drug-likeness (QED) is 0.920. The van der Waals surface area contributed by atoms with Gasteiger partial charge in [0.15, 0.2) is 0 Å². The summed E-state index contributed by atoms with van der Waals surface area (Å²) < 4.78 is 40.0. The average Bonchev–Trinajstić information content (AvgIpc) is 2.37. The number of carboxylic acids is 1. The van der Waals surface area contributed by atoms with E-state index in [1.807, 2.05) is 0 Å². The molecular formula is C15H11F3O3. The van der Waals surface area contributed by atoms with Crippen LogP contribution in [0.25, 0.3) is 11.1 Å². The smallest absolute Gasteiger partial charge is 0.478 e. The molecule has 0 aliphatic heterocycles. The minimum Gasteiger partial charge on any atom is -0.478 e. The molecule has 0 saturated heterocycles. The summed E-state index contributed by atoms with van der Waals surface area (Å²) in [6.45, 7) is 1.66. The van der Waals surface area contributed by atoms with Crippen molar-refractivity contribution in [1.29, 1.82) is 0 Å². The molecule has 0 bridgehead atoms. The van der Waals surface area contributed by atoms with Crippen molar-refractivity contribution < 1.29 is 27.8 Å². The Kier molecular flexibility index (Phi) is 3.88. The third-order valence-electron chi connectivity index (χ3n) is 2.88. The topological polar surface area (TPSA) is 46.5 Å². The van der Waals surface area contributed by atoms with E-state index >= 15 is 0 Å². The number of aromatic carboxylic acids is 1. The first-order valence-electron chi connectivity index (χ1n) is 5.96. The van der Waals surface area contributed by atoms with Gasteiger partial charge in [-0.2, -0.15) is 0 Å². The highest BCUT2D eigenvalue weighted by atomic mass is 19.4. The van der Waals surface area contributed by atoms with Crippen molar-refractivity contribution in [3.8, 4) is 16.9 Å². The fraction of sp³-hybridized carbons (Fsp3) is 0.133. The van der Waals surface area contributed by atoms with Crippen molar-refractivity contribution in [1.82, 2.24) is 0 Å². The molecule has 0 heterocycles. The lowest BCUT2D eigenvalue weighted by Crippen LogP contribution is -2.16. The molecule has 2 aromatic rings. The van der Waals surface area contributed by atoms with E-state index in [0.717, 1.165) is 5.56 Å². The minimum atomic E-state index is -4.72. The summed E-state index contributed by atoms with van der Waals surface area (Å²) in [5.74, 6) is -1.32. The molecule has 1 N–H and O–H groups in total. The molecule has 3 nitrogen and oxygen atoms in total. The fourth-order valence-corrected chi connectivity index (χ4v) is 1.93. The van der Waals surface area contributed by atoms with Gasteiger partial charge in [0.2, 0.25) is 0 Å². The maximum atomic E-state index is 12.1. The first kappa shape index (κ1) is 14.9. The highest BCUT2D eigenvalue weighted by Gasteiger charge is 2.30. The van der Waals surface area contributed by atoms with Crippen LogP contribution in [0.5, 0.6) is 5.75 Å². The lowest BCUT2D eigenvalue weighted by Gasteiger charge is -2.10. The molecular weight excluding hydrogens is 285 g/mol. The van der Waals surface area contributed by atoms with Crippen molar-refractivity contribution in [2.45, 2.75) is 13.3 Å². The van der Waals surface area contributed by atoms with Crippen LogP contribution in [0.3, 0.4) is 0 Å². The number of ether oxygens (including phenoxy) is 1. The van der Waals surface area contributed by atoms with E-state index in [4.69, 9.17) is 5.11 Å². The van der Waals surface area contributed by atoms with Crippen LogP contribution in [-0.2, 0) is 0 Å². The standard InChI is InChI=1S/C15H11F3O3/c1-9-8-11(4-7-13(9)14(19)20)10-2-5-12(6-3-10)21-15(16,17)18/h2-8H,1H3,(H,19,20). The van der Waals surface area contributed by atoms with Crippen molar-refractivity contribution in [2.24, 2.45) is 0 Å². The molecule has 0 unspecified atom stereocenters. The molecule has 0 aliphatic carbocycles. The Balaban J connectivity index is 2.27. The van der Waals surface area contributed by atoms with Gasteiger partial charge in [-0.05, 0) is 41.8 Å². The van der Waals surface area contributed by atoms with Crippen LogP contribution >= 0.6 is 0 Å². The van der Waals surface area contributed by atoms with Crippen LogP contribution in [0, 0.1) is 6.92 Å². The predicted molar refractivity (Wildman–Crippen MR) is 70.3 cm³/mol. The largest absolute Gasteiger partial charge is 0.573 e. The lowest BCUT2D eigenvalue weighted by molar-refractivity contribution is -0.274. The van der Waals surface area contributed by atoms with Gasteiger partial charge in [0.1, 0.15) is 5.75 Å². The maximum Gasteiger partial charge on any atom is 0.573 e. The van der Waals surface area contributed by atoms with E-state index in [1.165, 1.54) is 30.3 Å². The van der Waals surface area contributed by atoms with Gasteiger partial charge in [0.05, 0.1) is 5.56 Å². The Morgan fingerprint density at radius 3 is 2.10 bits per heavy atom. The first-order chi connectivity index (χ1) is 9.76. The SMILES string of the molecule is Cc1cc(-c2ccc(OC(F)(F)F)cc2)ccc1C(=O)O. The molecule has 2 rings (SSSR count). The molecule has 0 amide bonds. The number of benzene rings is 2. The summed E-state index contributed by atoms with van der Waals surface area (Å²) in [5.41, 5.74) is 2.16. The van der Waals surface area contributed by atoms with Gasteiger partial charge in [-0.15, -0.1) is 13.2 Å². The first-order valence-corrected chi connectivity index (χ1v) is 5.96. The van der Waals surface area contributed by atoms with E-state index in [0.29, 0.717) is 11.1 Å². The second-order valence-corrected chi connectivity index (χ2v) is 4.41. The van der Waals surface area contributed by atoms with Crippen LogP contribution < -0.4 is 4.74 Å². The highest BCUT2D eigenvalue weighted by molar-refractivity contribution is 5.90. The summed E-state index contributed by atoms with van der Waals surface area (Å²) in [6.07, 6.45) is -4.72. The number of carboxylic acid groups (broad SMARTS) is 1. The zero-order chi connectivity index (χ0) is 15.6. The molecule has 0 aliphatic rings. The van der Waals surface area contributed by atoms with E-state index in [2.05, 4.69) is 4.74 Å². The average molecular weight is 296 g/mol. The Labute approximate surface area is 118 Å². The molecule has 0 spiro atoms. The van der Waals surface area contributed by atoms with Crippen LogP contribution in [0.1, 0.15) is 15.9 Å². The summed E-state index contributed by atoms with van der Waals surface area (Å²) in [7, 11) is 0. The summed E-state index contributed by atoms with van der Waals surface area (Å²) in [4.78, 5) is 10.9. The van der Waals surface area contributed by atoms with E-state index in [1.54, 1.807) is 19.1 Å². The van der Waals surface area contributed by atoms with Crippen molar-refractivity contribution >= 4 is 5.97 Å². The molecule has 0 aromatic heterocycles. The molecule has 6 heteroatoms. The number of hydrogen-bond acceptors (Lipinski definition) is 2. The molecule has 0 atom stereocenters. The van der Waals surface area contributed by atoms with Crippen LogP contribution in [-0.4, -0.2) is 17.4 Å². The number of alkyl halides is 3. The summed E-state index contributed by atoms with van der Waals surface area (Å²) >= 11 is 0. The predicted octanol–water partition coefficient (Wildman–Crippen LogP) is 4.26. The maximum absolute atomic E-state index is 12.1. The normalized spacial score (nSPS) is 11.2. The van der Waals surface area contributed by atoms with Crippen LogP contribution in [0.4, 0.5) is 13.2 Å². The fourth-order valence-electron chi connectivity index (χ4n) is 1.93. The second kappa shape index (κ2) is 5.47. The van der Waals surface area contributed by atoms with Gasteiger partial charge in [-0.25, -0.2) is 4.79 Å². The number of rotatable bonds is 3. The second-order valence-electron chi connectivity index (χ2n) is 4.41. The molecule has 110 valence electrons. The van der Waals surface area contributed by atoms with Gasteiger partial charge in [0, 0.05) is 0 Å². The van der Waals surface area contributed by atoms with Gasteiger partial charge in [-0.1, -0.05) is 24.3 Å². The van der Waals surface area contributed by atoms with Crippen LogP contribution in [0.2, 0.25) is 0 Å². The van der Waals surface area contributed by atoms with Gasteiger partial charge >= 0.3 is 12.3 Å². The Bertz CT molecular complexity index is 661. The number of carbonyl (C=O) groups is 1. The Morgan fingerprint density at radius 2 is 1.62 bits per heavy atom. The Morgan fingerprint density at radius 1 is 1.05 bits per heavy atom. The molecule has 0 fully saturated rings. The zero-order valence-electron chi connectivity index (χ0n) is 10.9. The lowest BCUT2D eigenvalue weighted by atomic mass is 10.00. The Hall–Kier alpha value is -2.50. The van der Waals surface area contributed by atoms with E-state index in [-0.39, 0.29) is 11.3 Å². The number of halogens is 3. The third kappa shape index (κ3) is 3.75. The summed E-state index contributed by atoms with van der Waals surface area (Å²) in [5, 5.41) is 8.95. The van der Waals surface area contributed by atoms with Gasteiger partial charge < -0.3 is 9.84 Å². The van der Waals surface area contributed by atoms with Crippen LogP contribution in [0.15, 0.2) is 42.5 Å². The number of hydrogen-bond donors (Lipinski definition) is 1. The van der Waals surface area contributed by atoms with E-state index in [9.17, 15) is 18.0 Å². The monoisotopic (exact) mass is 296 g/mol. The highest BCUT2D eigenvalue weighted by Crippen LogP contribution is 2.27. The third-order valence-corrected chi connectivity index (χ3v) is 2.88. The minimum absolute atomic E-state index is 0.191. The molecule has 0 saturated carbocycles. The molecule has 2 aromatic carbocycles. The molecule has 21 heavy (non-hydrogen) atoms. The van der Waals surface area contributed by atoms with E-state index < -0.39 is 12.3 Å². The molecule has 0 radical (unpaired) electrons.